The first-order valence-corrected chi connectivity index (χ1v) is 9.98. The molecule has 0 saturated heterocycles. The normalized spacial score (nSPS) is 36.1. The molecule has 5 nitrogen and oxygen atoms in total. The van der Waals surface area contributed by atoms with E-state index in [1.54, 1.807) is 19.1 Å². The summed E-state index contributed by atoms with van der Waals surface area (Å²) in [5, 5.41) is 12.6. The zero-order valence-corrected chi connectivity index (χ0v) is 15.8. The molecule has 7 heteroatoms. The lowest BCUT2D eigenvalue weighted by atomic mass is 9.77. The first kappa shape index (κ1) is 18.0. The van der Waals surface area contributed by atoms with Gasteiger partial charge < -0.3 is 15.3 Å². The smallest absolute Gasteiger partial charge is 0.254 e. The Morgan fingerprint density at radius 2 is 2.00 bits per heavy atom. The van der Waals surface area contributed by atoms with E-state index in [0.717, 1.165) is 12.8 Å². The lowest BCUT2D eigenvalue weighted by Crippen LogP contribution is -2.56. The number of carbonyl (C=O) groups excluding carboxylic acids is 2. The van der Waals surface area contributed by atoms with Gasteiger partial charge in [0.2, 0.25) is 5.91 Å². The van der Waals surface area contributed by atoms with Gasteiger partial charge in [-0.3, -0.25) is 9.59 Å². The number of hydrogen-bond acceptors (Lipinski definition) is 3. The minimum Gasteiger partial charge on any atom is -0.390 e. The highest BCUT2D eigenvalue weighted by Gasteiger charge is 2.62. The predicted molar refractivity (Wildman–Crippen MR) is 97.3 cm³/mol. The monoisotopic (exact) mass is 390 g/mol. The summed E-state index contributed by atoms with van der Waals surface area (Å²) in [5.41, 5.74) is -0.769. The average Bonchev–Trinajstić information content (AvgIpc) is 3.49. The first-order chi connectivity index (χ1) is 13.2. The maximum atomic E-state index is 15.2. The van der Waals surface area contributed by atoms with Crippen molar-refractivity contribution in [1.29, 1.82) is 0 Å². The van der Waals surface area contributed by atoms with Crippen molar-refractivity contribution < 1.29 is 23.5 Å². The molecule has 0 radical (unpaired) electrons. The molecule has 28 heavy (non-hydrogen) atoms. The van der Waals surface area contributed by atoms with Crippen LogP contribution < -0.4 is 5.32 Å². The van der Waals surface area contributed by atoms with Gasteiger partial charge in [-0.1, -0.05) is 6.07 Å². The third-order valence-corrected chi connectivity index (χ3v) is 6.73. The molecule has 2 atom stereocenters. The summed E-state index contributed by atoms with van der Waals surface area (Å²) in [6, 6.07) is 3.14. The van der Waals surface area contributed by atoms with Crippen LogP contribution in [0.5, 0.6) is 0 Å². The van der Waals surface area contributed by atoms with E-state index in [1.165, 1.54) is 4.90 Å². The van der Waals surface area contributed by atoms with E-state index in [9.17, 15) is 19.1 Å². The van der Waals surface area contributed by atoms with E-state index in [0.29, 0.717) is 18.4 Å². The van der Waals surface area contributed by atoms with Crippen LogP contribution in [-0.2, 0) is 10.2 Å². The van der Waals surface area contributed by atoms with Gasteiger partial charge in [-0.25, -0.2) is 8.78 Å². The van der Waals surface area contributed by atoms with Crippen molar-refractivity contribution in [1.82, 2.24) is 10.2 Å². The van der Waals surface area contributed by atoms with Gasteiger partial charge in [0.15, 0.2) is 0 Å². The van der Waals surface area contributed by atoms with E-state index < -0.39 is 28.9 Å². The molecule has 0 unspecified atom stereocenters. The van der Waals surface area contributed by atoms with Crippen LogP contribution in [0.3, 0.4) is 0 Å². The topological polar surface area (TPSA) is 69.6 Å². The zero-order chi connectivity index (χ0) is 19.8. The number of nitrogens with one attached hydrogen (secondary N) is 1. The van der Waals surface area contributed by atoms with Crippen molar-refractivity contribution in [2.24, 2.45) is 0 Å². The largest absolute Gasteiger partial charge is 0.390 e. The van der Waals surface area contributed by atoms with E-state index in [1.807, 2.05) is 0 Å². The SMILES string of the molecule is CC1(O)CC(NC(=O)CN2C[C@@]3(C[C@@H]3F)c3c(ccc(C4CC4)c3F)C2=O)C1. The number of benzene rings is 1. The Balaban J connectivity index is 1.37. The van der Waals surface area contributed by atoms with Crippen LogP contribution in [0.25, 0.3) is 0 Å². The molecule has 0 aromatic heterocycles. The summed E-state index contributed by atoms with van der Waals surface area (Å²) in [5.74, 6) is -0.998. The lowest BCUT2D eigenvalue weighted by Gasteiger charge is -2.41. The van der Waals surface area contributed by atoms with Gasteiger partial charge in [0.25, 0.3) is 5.91 Å². The highest BCUT2D eigenvalue weighted by molar-refractivity contribution is 6.00. The molecule has 3 saturated carbocycles. The van der Waals surface area contributed by atoms with Crippen molar-refractivity contribution in [3.05, 3.63) is 34.6 Å². The molecule has 3 fully saturated rings. The number of aliphatic hydroxyl groups is 1. The molecule has 3 aliphatic carbocycles. The molecule has 5 rings (SSSR count). The molecule has 0 bridgehead atoms. The first-order valence-electron chi connectivity index (χ1n) is 9.98. The second-order valence-electron chi connectivity index (χ2n) is 9.32. The van der Waals surface area contributed by atoms with Crippen molar-refractivity contribution in [3.63, 3.8) is 0 Å². The van der Waals surface area contributed by atoms with Crippen molar-refractivity contribution in [3.8, 4) is 0 Å². The Labute approximate surface area is 162 Å². The Kier molecular flexibility index (Phi) is 3.70. The number of amides is 2. The summed E-state index contributed by atoms with van der Waals surface area (Å²) in [6.07, 6.45) is 1.78. The summed E-state index contributed by atoms with van der Waals surface area (Å²) in [6.45, 7) is 1.56. The van der Waals surface area contributed by atoms with Crippen LogP contribution in [0.4, 0.5) is 8.78 Å². The van der Waals surface area contributed by atoms with Gasteiger partial charge in [0, 0.05) is 23.7 Å². The van der Waals surface area contributed by atoms with Gasteiger partial charge >= 0.3 is 0 Å². The van der Waals surface area contributed by atoms with Crippen LogP contribution in [0.1, 0.15) is 66.4 Å². The van der Waals surface area contributed by atoms with Crippen LogP contribution >= 0.6 is 0 Å². The maximum absolute atomic E-state index is 15.2. The van der Waals surface area contributed by atoms with Gasteiger partial charge in [0.1, 0.15) is 12.0 Å². The molecule has 4 aliphatic rings. The average molecular weight is 390 g/mol. The second-order valence-corrected chi connectivity index (χ2v) is 9.32. The molecule has 1 heterocycles. The maximum Gasteiger partial charge on any atom is 0.254 e. The van der Waals surface area contributed by atoms with E-state index in [2.05, 4.69) is 5.32 Å². The quantitative estimate of drug-likeness (QED) is 0.828. The van der Waals surface area contributed by atoms with Crippen LogP contribution in [0.2, 0.25) is 0 Å². The molecule has 1 aliphatic heterocycles. The Bertz CT molecular complexity index is 875. The minimum absolute atomic E-state index is 0.0286. The molecule has 2 amide bonds. The highest BCUT2D eigenvalue weighted by Crippen LogP contribution is 2.56. The number of alkyl halides is 1. The lowest BCUT2D eigenvalue weighted by molar-refractivity contribution is -0.125. The number of hydrogen-bond donors (Lipinski definition) is 2. The molecule has 1 aromatic rings. The van der Waals surface area contributed by atoms with E-state index in [-0.39, 0.29) is 48.5 Å². The standard InChI is InChI=1S/C21H24F2N2O3/c1-20(28)6-12(7-20)24-16(26)9-25-10-21(8-15(21)22)17-14(19(25)27)5-4-13(18(17)23)11-2-3-11/h4-5,11-12,15,28H,2-3,6-10H2,1H3,(H,24,26)/t12?,15-,20?,21+/m0/s1. The highest BCUT2D eigenvalue weighted by atomic mass is 19.1. The minimum atomic E-state index is -1.20. The van der Waals surface area contributed by atoms with Gasteiger partial charge in [-0.2, -0.15) is 0 Å². The van der Waals surface area contributed by atoms with E-state index >= 15 is 4.39 Å². The molecular formula is C21H24F2N2O3. The van der Waals surface area contributed by atoms with E-state index in [4.69, 9.17) is 0 Å². The van der Waals surface area contributed by atoms with Gasteiger partial charge in [0.05, 0.1) is 17.6 Å². The third-order valence-electron chi connectivity index (χ3n) is 6.73. The van der Waals surface area contributed by atoms with Crippen LogP contribution in [0.15, 0.2) is 12.1 Å². The number of rotatable bonds is 4. The Hall–Kier alpha value is -2.02. The zero-order valence-electron chi connectivity index (χ0n) is 15.8. The fourth-order valence-corrected chi connectivity index (χ4v) is 4.99. The van der Waals surface area contributed by atoms with Crippen LogP contribution in [0, 0.1) is 5.82 Å². The summed E-state index contributed by atoms with van der Waals surface area (Å²) >= 11 is 0. The van der Waals surface area contributed by atoms with Crippen LogP contribution in [-0.4, -0.2) is 52.7 Å². The number of nitrogens with zero attached hydrogens (tertiary/aromatic N) is 1. The molecule has 150 valence electrons. The number of fused-ring (bicyclic) bond motifs is 2. The number of halogens is 2. The molecule has 2 N–H and O–H groups in total. The Morgan fingerprint density at radius 1 is 1.32 bits per heavy atom. The van der Waals surface area contributed by atoms with Crippen molar-refractivity contribution in [2.45, 2.75) is 68.2 Å². The molecule has 1 spiro atoms. The second kappa shape index (κ2) is 5.75. The molecule has 1 aromatic carbocycles. The van der Waals surface area contributed by atoms with Gasteiger partial charge in [-0.15, -0.1) is 0 Å². The van der Waals surface area contributed by atoms with Gasteiger partial charge in [-0.05, 0) is 56.6 Å². The Morgan fingerprint density at radius 3 is 2.57 bits per heavy atom. The summed E-state index contributed by atoms with van der Waals surface area (Å²) in [4.78, 5) is 26.6. The summed E-state index contributed by atoms with van der Waals surface area (Å²) in [7, 11) is 0. The summed E-state index contributed by atoms with van der Waals surface area (Å²) < 4.78 is 29.6. The third kappa shape index (κ3) is 2.74. The van der Waals surface area contributed by atoms with Crippen molar-refractivity contribution in [2.75, 3.05) is 13.1 Å². The van der Waals surface area contributed by atoms with Crippen molar-refractivity contribution >= 4 is 11.8 Å². The fraction of sp³-hybridized carbons (Fsp3) is 0.619. The fourth-order valence-electron chi connectivity index (χ4n) is 4.99. The predicted octanol–water partition coefficient (Wildman–Crippen LogP) is 2.17. The number of carbonyl (C=O) groups is 2. The molecular weight excluding hydrogens is 366 g/mol.